The molecule has 0 atom stereocenters. The van der Waals surface area contributed by atoms with E-state index in [9.17, 15) is 21.6 Å². The molecular weight excluding hydrogens is 386 g/mol. The average Bonchev–Trinajstić information content (AvgIpc) is 2.46. The summed E-state index contributed by atoms with van der Waals surface area (Å²) in [7, 11) is -2.69. The molecule has 2 rings (SSSR count). The van der Waals surface area contributed by atoms with Gasteiger partial charge in [0.15, 0.2) is 0 Å². The number of halogens is 5. The van der Waals surface area contributed by atoms with E-state index < -0.39 is 21.8 Å². The molecule has 3 nitrogen and oxygen atoms in total. The van der Waals surface area contributed by atoms with E-state index in [1.807, 2.05) is 0 Å². The van der Waals surface area contributed by atoms with Gasteiger partial charge in [0.1, 0.15) is 4.90 Å². The molecule has 0 radical (unpaired) electrons. The fraction of sp³-hybridized carbons (Fsp3) is 0.200. The molecule has 0 N–H and O–H groups in total. The predicted molar refractivity (Wildman–Crippen MR) is 86.6 cm³/mol. The van der Waals surface area contributed by atoms with Crippen LogP contribution in [0, 0.1) is 0 Å². The van der Waals surface area contributed by atoms with Gasteiger partial charge in [-0.25, -0.2) is 8.42 Å². The van der Waals surface area contributed by atoms with Gasteiger partial charge in [0.05, 0.1) is 15.6 Å². The fourth-order valence-corrected chi connectivity index (χ4v) is 4.27. The molecule has 0 saturated heterocycles. The van der Waals surface area contributed by atoms with Crippen molar-refractivity contribution in [3.63, 3.8) is 0 Å². The van der Waals surface area contributed by atoms with Crippen LogP contribution in [-0.2, 0) is 22.7 Å². The van der Waals surface area contributed by atoms with Gasteiger partial charge in [-0.1, -0.05) is 41.4 Å². The lowest BCUT2D eigenvalue weighted by Crippen LogP contribution is -2.27. The van der Waals surface area contributed by atoms with Crippen molar-refractivity contribution in [2.24, 2.45) is 0 Å². The number of rotatable bonds is 4. The van der Waals surface area contributed by atoms with Crippen LogP contribution in [0.4, 0.5) is 13.2 Å². The van der Waals surface area contributed by atoms with E-state index in [4.69, 9.17) is 23.2 Å². The summed E-state index contributed by atoms with van der Waals surface area (Å²) >= 11 is 11.8. The molecule has 0 spiro atoms. The molecular formula is C15H12Cl2F3NO2S. The van der Waals surface area contributed by atoms with Gasteiger partial charge in [0.2, 0.25) is 10.0 Å². The van der Waals surface area contributed by atoms with Crippen molar-refractivity contribution < 1.29 is 21.6 Å². The number of hydrogen-bond donors (Lipinski definition) is 0. The summed E-state index contributed by atoms with van der Waals surface area (Å²) in [4.78, 5) is -0.234. The second kappa shape index (κ2) is 6.92. The number of hydrogen-bond acceptors (Lipinski definition) is 2. The standard InChI is InChI=1S/C15H12Cl2F3NO2S/c1-21(9-10-5-7-11(8-6-10)15(18,19)20)24(22,23)14-12(16)3-2-4-13(14)17/h2-8H,9H2,1H3. The highest BCUT2D eigenvalue weighted by Crippen LogP contribution is 2.32. The summed E-state index contributed by atoms with van der Waals surface area (Å²) < 4.78 is 63.8. The van der Waals surface area contributed by atoms with Crippen LogP contribution in [0.1, 0.15) is 11.1 Å². The molecule has 24 heavy (non-hydrogen) atoms. The van der Waals surface area contributed by atoms with Crippen molar-refractivity contribution in [1.82, 2.24) is 4.31 Å². The Kier molecular flexibility index (Phi) is 5.49. The molecule has 0 aliphatic heterocycles. The van der Waals surface area contributed by atoms with Crippen LogP contribution in [0.5, 0.6) is 0 Å². The Morgan fingerprint density at radius 1 is 1.00 bits per heavy atom. The van der Waals surface area contributed by atoms with E-state index in [0.717, 1.165) is 16.4 Å². The van der Waals surface area contributed by atoms with Crippen LogP contribution < -0.4 is 0 Å². The van der Waals surface area contributed by atoms with Crippen molar-refractivity contribution in [3.8, 4) is 0 Å². The summed E-state index contributed by atoms with van der Waals surface area (Å²) in [6.07, 6.45) is -4.44. The van der Waals surface area contributed by atoms with Crippen LogP contribution in [0.15, 0.2) is 47.4 Å². The fourth-order valence-electron chi connectivity index (χ4n) is 2.03. The zero-order valence-corrected chi connectivity index (χ0v) is 14.6. The van der Waals surface area contributed by atoms with Crippen molar-refractivity contribution in [1.29, 1.82) is 0 Å². The molecule has 2 aromatic rings. The number of alkyl halides is 3. The van der Waals surface area contributed by atoms with E-state index in [0.29, 0.717) is 5.56 Å². The highest BCUT2D eigenvalue weighted by molar-refractivity contribution is 7.89. The summed E-state index contributed by atoms with van der Waals surface area (Å²) in [5.74, 6) is 0. The Balaban J connectivity index is 2.27. The van der Waals surface area contributed by atoms with Crippen molar-refractivity contribution >= 4 is 33.2 Å². The van der Waals surface area contributed by atoms with E-state index in [-0.39, 0.29) is 21.5 Å². The Morgan fingerprint density at radius 2 is 1.50 bits per heavy atom. The average molecular weight is 398 g/mol. The van der Waals surface area contributed by atoms with Crippen LogP contribution in [-0.4, -0.2) is 19.8 Å². The smallest absolute Gasteiger partial charge is 0.207 e. The predicted octanol–water partition coefficient (Wildman–Crippen LogP) is 4.83. The zero-order valence-electron chi connectivity index (χ0n) is 12.3. The second-order valence-corrected chi connectivity index (χ2v) is 7.80. The third-order valence-corrected chi connectivity index (χ3v) is 6.03. The maximum absolute atomic E-state index is 12.6. The number of nitrogens with zero attached hydrogens (tertiary/aromatic N) is 1. The minimum absolute atomic E-state index is 0.0261. The molecule has 0 aromatic heterocycles. The Hall–Kier alpha value is -1.28. The molecule has 0 amide bonds. The Bertz CT molecular complexity index is 817. The van der Waals surface area contributed by atoms with E-state index in [1.54, 1.807) is 0 Å². The van der Waals surface area contributed by atoms with Crippen molar-refractivity contribution in [2.45, 2.75) is 17.6 Å². The van der Waals surface area contributed by atoms with E-state index in [1.165, 1.54) is 37.4 Å². The van der Waals surface area contributed by atoms with E-state index in [2.05, 4.69) is 0 Å². The van der Waals surface area contributed by atoms with Crippen molar-refractivity contribution in [3.05, 3.63) is 63.6 Å². The Labute approximate surface area is 147 Å². The van der Waals surface area contributed by atoms with Gasteiger partial charge in [-0.05, 0) is 29.8 Å². The Morgan fingerprint density at radius 3 is 1.96 bits per heavy atom. The number of benzene rings is 2. The monoisotopic (exact) mass is 397 g/mol. The van der Waals surface area contributed by atoms with Crippen LogP contribution >= 0.6 is 23.2 Å². The molecule has 0 saturated carbocycles. The summed E-state index contributed by atoms with van der Waals surface area (Å²) in [5, 5.41) is -0.0523. The molecule has 0 fully saturated rings. The minimum atomic E-state index is -4.44. The van der Waals surface area contributed by atoms with Gasteiger partial charge >= 0.3 is 6.18 Å². The summed E-state index contributed by atoms with van der Waals surface area (Å²) in [6.45, 7) is -0.123. The molecule has 0 bridgehead atoms. The van der Waals surface area contributed by atoms with Gasteiger partial charge in [-0.15, -0.1) is 0 Å². The lowest BCUT2D eigenvalue weighted by molar-refractivity contribution is -0.137. The van der Waals surface area contributed by atoms with E-state index >= 15 is 0 Å². The SMILES string of the molecule is CN(Cc1ccc(C(F)(F)F)cc1)S(=O)(=O)c1c(Cl)cccc1Cl. The molecule has 0 heterocycles. The lowest BCUT2D eigenvalue weighted by Gasteiger charge is -2.19. The lowest BCUT2D eigenvalue weighted by atomic mass is 10.1. The van der Waals surface area contributed by atoms with Gasteiger partial charge in [0, 0.05) is 13.6 Å². The first-order chi connectivity index (χ1) is 11.0. The molecule has 0 unspecified atom stereocenters. The summed E-state index contributed by atoms with van der Waals surface area (Å²) in [6, 6.07) is 8.56. The topological polar surface area (TPSA) is 37.4 Å². The quantitative estimate of drug-likeness (QED) is 0.740. The van der Waals surface area contributed by atoms with Crippen molar-refractivity contribution in [2.75, 3.05) is 7.05 Å². The molecule has 0 aliphatic carbocycles. The third-order valence-electron chi connectivity index (χ3n) is 3.27. The highest BCUT2D eigenvalue weighted by atomic mass is 35.5. The first-order valence-electron chi connectivity index (χ1n) is 6.60. The summed E-state index contributed by atoms with van der Waals surface area (Å²) in [5.41, 5.74) is -0.400. The maximum atomic E-state index is 12.6. The molecule has 130 valence electrons. The third kappa shape index (κ3) is 4.03. The second-order valence-electron chi connectivity index (χ2n) is 5.01. The van der Waals surface area contributed by atoms with Gasteiger partial charge in [-0.3, -0.25) is 0 Å². The maximum Gasteiger partial charge on any atom is 0.416 e. The first kappa shape index (κ1) is 19.1. The number of sulfonamides is 1. The van der Waals surface area contributed by atoms with Gasteiger partial charge in [-0.2, -0.15) is 17.5 Å². The highest BCUT2D eigenvalue weighted by Gasteiger charge is 2.30. The first-order valence-corrected chi connectivity index (χ1v) is 8.79. The molecule has 9 heteroatoms. The molecule has 2 aromatic carbocycles. The van der Waals surface area contributed by atoms with Crippen LogP contribution in [0.3, 0.4) is 0 Å². The zero-order chi connectivity index (χ0) is 18.1. The van der Waals surface area contributed by atoms with Crippen LogP contribution in [0.25, 0.3) is 0 Å². The molecule has 0 aliphatic rings. The minimum Gasteiger partial charge on any atom is -0.207 e. The van der Waals surface area contributed by atoms with Gasteiger partial charge in [0.25, 0.3) is 0 Å². The van der Waals surface area contributed by atoms with Crippen LogP contribution in [0.2, 0.25) is 10.0 Å². The van der Waals surface area contributed by atoms with Gasteiger partial charge < -0.3 is 0 Å². The normalized spacial score (nSPS) is 12.6. The largest absolute Gasteiger partial charge is 0.416 e.